The molecule has 1 saturated heterocycles. The van der Waals surface area contributed by atoms with Crippen LogP contribution in [0.15, 0.2) is 30.5 Å². The van der Waals surface area contributed by atoms with Gasteiger partial charge < -0.3 is 10.1 Å². The molecule has 0 aliphatic carbocycles. The van der Waals surface area contributed by atoms with Gasteiger partial charge >= 0.3 is 5.97 Å². The monoisotopic (exact) mass is 285 g/mol. The van der Waals surface area contributed by atoms with E-state index in [4.69, 9.17) is 5.11 Å². The van der Waals surface area contributed by atoms with Crippen molar-refractivity contribution in [2.45, 2.75) is 32.4 Å². The van der Waals surface area contributed by atoms with E-state index in [2.05, 4.69) is 14.9 Å². The minimum atomic E-state index is -0.883. The Bertz CT molecular complexity index is 633. The molecule has 2 heterocycles. The van der Waals surface area contributed by atoms with Crippen LogP contribution in [0.4, 0.5) is 0 Å². The van der Waals surface area contributed by atoms with Gasteiger partial charge in [0.25, 0.3) is 0 Å². The first-order valence-corrected chi connectivity index (χ1v) is 7.21. The molecule has 0 unspecified atom stereocenters. The van der Waals surface area contributed by atoms with Gasteiger partial charge in [0.2, 0.25) is 0 Å². The van der Waals surface area contributed by atoms with Crippen LogP contribution in [-0.2, 0) is 6.54 Å². The molecule has 1 aliphatic rings. The normalized spacial score (nSPS) is 19.0. The van der Waals surface area contributed by atoms with Crippen LogP contribution in [0.3, 0.4) is 0 Å². The fourth-order valence-electron chi connectivity index (χ4n) is 2.91. The third-order valence-electron chi connectivity index (χ3n) is 3.99. The van der Waals surface area contributed by atoms with Crippen LogP contribution in [-0.4, -0.2) is 32.5 Å². The van der Waals surface area contributed by atoms with Crippen molar-refractivity contribution in [2.75, 3.05) is 6.54 Å². The van der Waals surface area contributed by atoms with E-state index in [1.54, 1.807) is 12.1 Å². The molecule has 5 heteroatoms. The van der Waals surface area contributed by atoms with E-state index < -0.39 is 5.97 Å². The first-order valence-electron chi connectivity index (χ1n) is 7.21. The van der Waals surface area contributed by atoms with E-state index in [1.165, 1.54) is 0 Å². The van der Waals surface area contributed by atoms with Gasteiger partial charge in [-0.15, -0.1) is 0 Å². The number of nitrogens with zero attached hydrogens (tertiary/aromatic N) is 2. The van der Waals surface area contributed by atoms with Crippen molar-refractivity contribution in [3.63, 3.8) is 0 Å². The molecule has 0 spiro atoms. The van der Waals surface area contributed by atoms with Gasteiger partial charge in [0.05, 0.1) is 11.6 Å². The van der Waals surface area contributed by atoms with Crippen molar-refractivity contribution >= 4 is 5.97 Å². The van der Waals surface area contributed by atoms with Gasteiger partial charge in [-0.1, -0.05) is 12.1 Å². The topological polar surface area (TPSA) is 69.2 Å². The maximum atomic E-state index is 10.9. The molecule has 1 aromatic carbocycles. The highest BCUT2D eigenvalue weighted by atomic mass is 16.4. The first-order chi connectivity index (χ1) is 10.1. The van der Waals surface area contributed by atoms with Crippen LogP contribution in [0, 0.1) is 6.92 Å². The lowest BCUT2D eigenvalue weighted by molar-refractivity contribution is 0.0697. The highest BCUT2D eigenvalue weighted by Gasteiger charge is 2.27. The molecule has 1 aliphatic heterocycles. The molecule has 0 amide bonds. The number of hydrogen-bond donors (Lipinski definition) is 2. The Morgan fingerprint density at radius 1 is 1.43 bits per heavy atom. The Balaban J connectivity index is 1.72. The SMILES string of the molecule is Cc1cnc([C@@H]2CCCN2Cc2ccc(C(=O)O)cc2)[nH]1. The zero-order chi connectivity index (χ0) is 14.8. The van der Waals surface area contributed by atoms with E-state index in [9.17, 15) is 4.79 Å². The zero-order valence-corrected chi connectivity index (χ0v) is 12.0. The molecular formula is C16H19N3O2. The Labute approximate surface area is 123 Å². The summed E-state index contributed by atoms with van der Waals surface area (Å²) in [5.74, 6) is 0.152. The summed E-state index contributed by atoms with van der Waals surface area (Å²) in [5, 5.41) is 8.93. The average Bonchev–Trinajstić information content (AvgIpc) is 3.08. The molecule has 21 heavy (non-hydrogen) atoms. The summed E-state index contributed by atoms with van der Waals surface area (Å²) < 4.78 is 0. The van der Waals surface area contributed by atoms with Crippen molar-refractivity contribution in [1.82, 2.24) is 14.9 Å². The van der Waals surface area contributed by atoms with Crippen molar-refractivity contribution in [1.29, 1.82) is 0 Å². The lowest BCUT2D eigenvalue weighted by atomic mass is 10.1. The molecule has 0 saturated carbocycles. The van der Waals surface area contributed by atoms with Gasteiger partial charge in [-0.05, 0) is 44.0 Å². The summed E-state index contributed by atoms with van der Waals surface area (Å²) in [6.45, 7) is 3.88. The smallest absolute Gasteiger partial charge is 0.335 e. The van der Waals surface area contributed by atoms with Gasteiger partial charge in [-0.3, -0.25) is 4.90 Å². The second-order valence-corrected chi connectivity index (χ2v) is 5.58. The van der Waals surface area contributed by atoms with E-state index in [1.807, 2.05) is 25.3 Å². The molecule has 110 valence electrons. The Morgan fingerprint density at radius 2 is 2.19 bits per heavy atom. The molecule has 5 nitrogen and oxygen atoms in total. The van der Waals surface area contributed by atoms with Crippen molar-refractivity contribution < 1.29 is 9.90 Å². The summed E-state index contributed by atoms with van der Waals surface area (Å²) in [7, 11) is 0. The highest BCUT2D eigenvalue weighted by Crippen LogP contribution is 2.31. The minimum absolute atomic E-state index is 0.331. The summed E-state index contributed by atoms with van der Waals surface area (Å²) in [4.78, 5) is 21.0. The van der Waals surface area contributed by atoms with Gasteiger partial charge in [0.15, 0.2) is 0 Å². The number of carboxylic acids is 1. The first kappa shape index (κ1) is 13.8. The van der Waals surface area contributed by atoms with E-state index in [0.717, 1.165) is 43.0 Å². The van der Waals surface area contributed by atoms with E-state index >= 15 is 0 Å². The third-order valence-corrected chi connectivity index (χ3v) is 3.99. The summed E-state index contributed by atoms with van der Waals surface area (Å²) >= 11 is 0. The Hall–Kier alpha value is -2.14. The summed E-state index contributed by atoms with van der Waals surface area (Å²) in [6, 6.07) is 7.45. The van der Waals surface area contributed by atoms with Crippen LogP contribution in [0.2, 0.25) is 0 Å². The molecular weight excluding hydrogens is 266 g/mol. The van der Waals surface area contributed by atoms with Crippen LogP contribution in [0.25, 0.3) is 0 Å². The molecule has 0 radical (unpaired) electrons. The average molecular weight is 285 g/mol. The summed E-state index contributed by atoms with van der Waals surface area (Å²) in [5.41, 5.74) is 2.55. The zero-order valence-electron chi connectivity index (χ0n) is 12.0. The largest absolute Gasteiger partial charge is 0.478 e. The number of aryl methyl sites for hydroxylation is 1. The Kier molecular flexibility index (Phi) is 3.75. The number of likely N-dealkylation sites (tertiary alicyclic amines) is 1. The minimum Gasteiger partial charge on any atom is -0.478 e. The van der Waals surface area contributed by atoms with E-state index in [-0.39, 0.29) is 0 Å². The number of hydrogen-bond acceptors (Lipinski definition) is 3. The predicted molar refractivity (Wildman–Crippen MR) is 79.1 cm³/mol. The molecule has 0 bridgehead atoms. The molecule has 2 aromatic rings. The Morgan fingerprint density at radius 3 is 2.81 bits per heavy atom. The number of aromatic amines is 1. The highest BCUT2D eigenvalue weighted by molar-refractivity contribution is 5.87. The molecule has 3 rings (SSSR count). The fourth-order valence-corrected chi connectivity index (χ4v) is 2.91. The van der Waals surface area contributed by atoms with Crippen molar-refractivity contribution in [2.24, 2.45) is 0 Å². The quantitative estimate of drug-likeness (QED) is 0.906. The predicted octanol–water partition coefficient (Wildman–Crippen LogP) is 2.75. The standard InChI is InChI=1S/C16H19N3O2/c1-11-9-17-15(18-11)14-3-2-8-19(14)10-12-4-6-13(7-5-12)16(20)21/h4-7,9,14H,2-3,8,10H2,1H3,(H,17,18)(H,20,21)/t14-/m0/s1. The number of imidazole rings is 1. The van der Waals surface area contributed by atoms with E-state index in [0.29, 0.717) is 11.6 Å². The number of benzene rings is 1. The number of carbonyl (C=O) groups is 1. The second kappa shape index (κ2) is 5.69. The lowest BCUT2D eigenvalue weighted by Crippen LogP contribution is -2.23. The fraction of sp³-hybridized carbons (Fsp3) is 0.375. The van der Waals surface area contributed by atoms with Crippen molar-refractivity contribution in [3.05, 3.63) is 53.1 Å². The number of aromatic nitrogens is 2. The molecule has 2 N–H and O–H groups in total. The van der Waals surface area contributed by atoms with Crippen molar-refractivity contribution in [3.8, 4) is 0 Å². The number of carboxylic acid groups (broad SMARTS) is 1. The molecule has 1 fully saturated rings. The lowest BCUT2D eigenvalue weighted by Gasteiger charge is -2.23. The number of rotatable bonds is 4. The van der Waals surface area contributed by atoms with Gasteiger partial charge in [0, 0.05) is 18.4 Å². The molecule has 1 aromatic heterocycles. The number of nitrogens with one attached hydrogen (secondary N) is 1. The maximum Gasteiger partial charge on any atom is 0.335 e. The molecule has 1 atom stereocenters. The van der Waals surface area contributed by atoms with Crippen LogP contribution in [0.5, 0.6) is 0 Å². The second-order valence-electron chi connectivity index (χ2n) is 5.58. The third kappa shape index (κ3) is 2.97. The van der Waals surface area contributed by atoms with Gasteiger partial charge in [0.1, 0.15) is 5.82 Å². The maximum absolute atomic E-state index is 10.9. The number of H-pyrrole nitrogens is 1. The van der Waals surface area contributed by atoms with Crippen LogP contribution >= 0.6 is 0 Å². The summed E-state index contributed by atoms with van der Waals surface area (Å²) in [6.07, 6.45) is 4.14. The van der Waals surface area contributed by atoms with Crippen LogP contribution < -0.4 is 0 Å². The van der Waals surface area contributed by atoms with Gasteiger partial charge in [-0.25, -0.2) is 9.78 Å². The number of aromatic carboxylic acids is 1. The van der Waals surface area contributed by atoms with Gasteiger partial charge in [-0.2, -0.15) is 0 Å². The van der Waals surface area contributed by atoms with Crippen LogP contribution in [0.1, 0.15) is 46.3 Å².